The van der Waals surface area contributed by atoms with E-state index in [-0.39, 0.29) is 22.4 Å². The van der Waals surface area contributed by atoms with E-state index >= 15 is 0 Å². The molecule has 1 aliphatic heterocycles. The molecule has 7 heteroatoms. The first kappa shape index (κ1) is 29.4. The van der Waals surface area contributed by atoms with Gasteiger partial charge in [0.2, 0.25) is 8.32 Å². The van der Waals surface area contributed by atoms with Gasteiger partial charge in [-0.2, -0.15) is 0 Å². The van der Waals surface area contributed by atoms with Gasteiger partial charge in [-0.25, -0.2) is 0 Å². The third kappa shape index (κ3) is 7.16. The van der Waals surface area contributed by atoms with Gasteiger partial charge in [-0.3, -0.25) is 4.79 Å². The molecule has 0 bridgehead atoms. The summed E-state index contributed by atoms with van der Waals surface area (Å²) in [5.41, 5.74) is 1.19. The Hall–Kier alpha value is 0.334. The summed E-state index contributed by atoms with van der Waals surface area (Å²) in [5.74, 6) is 1.20. The molecule has 1 fully saturated rings. The molecule has 0 aromatic carbocycles. The van der Waals surface area contributed by atoms with E-state index in [2.05, 4.69) is 82.3 Å². The van der Waals surface area contributed by atoms with Crippen LogP contribution in [-0.4, -0.2) is 52.4 Å². The average Bonchev–Trinajstić information content (AvgIpc) is 2.62. The molecule has 3 atom stereocenters. The second kappa shape index (κ2) is 11.6. The van der Waals surface area contributed by atoms with Crippen molar-refractivity contribution in [1.29, 1.82) is 0 Å². The van der Waals surface area contributed by atoms with Crippen molar-refractivity contribution in [1.82, 2.24) is 0 Å². The van der Waals surface area contributed by atoms with Gasteiger partial charge in [-0.15, -0.1) is 11.8 Å². The van der Waals surface area contributed by atoms with Crippen LogP contribution < -0.4 is 0 Å². The van der Waals surface area contributed by atoms with Gasteiger partial charge in [0.05, 0.1) is 6.61 Å². The SMILES string of the molecule is CCCS[C@@H]1CC(=O)[C@H](O[Si](C(C)C)(C(C)C)C(C)C)[C@@H](CO[Si](C)(C)C(C)(C)C)O1. The first-order valence-corrected chi connectivity index (χ1v) is 18.3. The van der Waals surface area contributed by atoms with Gasteiger partial charge >= 0.3 is 0 Å². The van der Waals surface area contributed by atoms with Crippen LogP contribution in [0.1, 0.15) is 82.1 Å². The average molecular weight is 491 g/mol. The van der Waals surface area contributed by atoms with Crippen LogP contribution in [0.25, 0.3) is 0 Å². The van der Waals surface area contributed by atoms with Crippen LogP contribution in [0.15, 0.2) is 0 Å². The highest BCUT2D eigenvalue weighted by atomic mass is 32.2. The minimum absolute atomic E-state index is 0.0893. The van der Waals surface area contributed by atoms with Gasteiger partial charge < -0.3 is 13.6 Å². The largest absolute Gasteiger partial charge is 0.414 e. The van der Waals surface area contributed by atoms with Crippen LogP contribution in [0.4, 0.5) is 0 Å². The van der Waals surface area contributed by atoms with Crippen molar-refractivity contribution < 1.29 is 18.4 Å². The summed E-state index contributed by atoms with van der Waals surface area (Å²) in [5, 5.41) is 0.116. The van der Waals surface area contributed by atoms with E-state index in [1.54, 1.807) is 11.8 Å². The van der Waals surface area contributed by atoms with Gasteiger partial charge in [-0.1, -0.05) is 69.2 Å². The topological polar surface area (TPSA) is 44.8 Å². The smallest absolute Gasteiger partial charge is 0.201 e. The van der Waals surface area contributed by atoms with E-state index in [4.69, 9.17) is 13.6 Å². The van der Waals surface area contributed by atoms with Crippen molar-refractivity contribution in [3.63, 3.8) is 0 Å². The summed E-state index contributed by atoms with van der Waals surface area (Å²) in [6.45, 7) is 27.4. The molecule has 0 aromatic heterocycles. The zero-order valence-corrected chi connectivity index (χ0v) is 25.2. The van der Waals surface area contributed by atoms with Gasteiger partial charge in [0.25, 0.3) is 0 Å². The third-order valence-corrected chi connectivity index (χ3v) is 19.2. The molecule has 0 amide bonds. The van der Waals surface area contributed by atoms with E-state index in [0.717, 1.165) is 12.2 Å². The van der Waals surface area contributed by atoms with E-state index in [1.807, 2.05) is 0 Å². The maximum atomic E-state index is 13.4. The zero-order chi connectivity index (χ0) is 24.2. The van der Waals surface area contributed by atoms with E-state index < -0.39 is 22.7 Å². The number of ether oxygens (including phenoxy) is 1. The van der Waals surface area contributed by atoms with Crippen LogP contribution in [-0.2, 0) is 18.4 Å². The lowest BCUT2D eigenvalue weighted by Gasteiger charge is -2.47. The van der Waals surface area contributed by atoms with Crippen molar-refractivity contribution in [3.05, 3.63) is 0 Å². The molecule has 31 heavy (non-hydrogen) atoms. The normalized spacial score (nSPS) is 24.0. The minimum atomic E-state index is -2.21. The van der Waals surface area contributed by atoms with Crippen molar-refractivity contribution in [3.8, 4) is 0 Å². The number of thioether (sulfide) groups is 1. The summed E-state index contributed by atoms with van der Waals surface area (Å²) in [6.07, 6.45) is 0.674. The zero-order valence-electron chi connectivity index (χ0n) is 22.3. The van der Waals surface area contributed by atoms with Crippen molar-refractivity contribution in [2.75, 3.05) is 12.4 Å². The van der Waals surface area contributed by atoms with E-state index in [1.165, 1.54) is 0 Å². The lowest BCUT2D eigenvalue weighted by atomic mass is 10.0. The molecule has 0 aromatic rings. The molecule has 0 spiro atoms. The molecule has 0 saturated carbocycles. The Morgan fingerprint density at radius 2 is 1.58 bits per heavy atom. The fraction of sp³-hybridized carbons (Fsp3) is 0.958. The second-order valence-corrected chi connectivity index (χ2v) is 23.1. The van der Waals surface area contributed by atoms with E-state index in [9.17, 15) is 4.79 Å². The quantitative estimate of drug-likeness (QED) is 0.282. The Morgan fingerprint density at radius 3 is 2.00 bits per heavy atom. The van der Waals surface area contributed by atoms with Gasteiger partial charge in [0, 0.05) is 6.42 Å². The lowest BCUT2D eigenvalue weighted by Crippen LogP contribution is -2.58. The minimum Gasteiger partial charge on any atom is -0.414 e. The molecule has 1 heterocycles. The molecule has 4 nitrogen and oxygen atoms in total. The summed E-state index contributed by atoms with van der Waals surface area (Å²) >= 11 is 1.75. The number of rotatable bonds is 11. The molecule has 1 aliphatic rings. The van der Waals surface area contributed by atoms with Crippen LogP contribution in [0.5, 0.6) is 0 Å². The molecule has 0 unspecified atom stereocenters. The lowest BCUT2D eigenvalue weighted by molar-refractivity contribution is -0.151. The summed E-state index contributed by atoms with van der Waals surface area (Å²) in [4.78, 5) is 13.4. The monoisotopic (exact) mass is 490 g/mol. The Balaban J connectivity index is 3.21. The van der Waals surface area contributed by atoms with Crippen LogP contribution in [0.2, 0.25) is 34.8 Å². The second-order valence-electron chi connectivity index (χ2n) is 11.6. The van der Waals surface area contributed by atoms with Crippen LogP contribution in [0, 0.1) is 0 Å². The Bertz CT molecular complexity index is 551. The highest BCUT2D eigenvalue weighted by molar-refractivity contribution is 7.99. The summed E-state index contributed by atoms with van der Waals surface area (Å²) < 4.78 is 20.0. The molecule has 0 radical (unpaired) electrons. The third-order valence-electron chi connectivity index (χ3n) is 7.31. The molecule has 0 N–H and O–H groups in total. The molecule has 0 aliphatic carbocycles. The number of Topliss-reactive ketones (excluding diaryl/α,β-unsaturated/α-hetero) is 1. The Kier molecular flexibility index (Phi) is 11.0. The number of ketones is 1. The molecule has 1 rings (SSSR count). The van der Waals surface area contributed by atoms with Gasteiger partial charge in [0.15, 0.2) is 14.1 Å². The first-order chi connectivity index (χ1) is 14.1. The summed E-state index contributed by atoms with van der Waals surface area (Å²) in [7, 11) is -4.16. The van der Waals surface area contributed by atoms with Crippen molar-refractivity contribution in [2.24, 2.45) is 0 Å². The Labute approximate surface area is 199 Å². The predicted molar refractivity (Wildman–Crippen MR) is 140 cm³/mol. The van der Waals surface area contributed by atoms with E-state index in [0.29, 0.717) is 29.7 Å². The molecule has 184 valence electrons. The highest BCUT2D eigenvalue weighted by Crippen LogP contribution is 2.45. The van der Waals surface area contributed by atoms with Crippen molar-refractivity contribution >= 4 is 34.2 Å². The standard InChI is InChI=1S/C24H50O4SSi2/c1-13-14-29-22-15-20(25)23(28-31(17(2)3,18(4)5)19(6)7)21(27-22)16-26-30(11,12)24(8,9)10/h17-19,21-23H,13-16H2,1-12H3/t21-,22-,23+/m1/s1. The van der Waals surface area contributed by atoms with Gasteiger partial charge in [-0.05, 0) is 46.9 Å². The number of carbonyl (C=O) groups excluding carboxylic acids is 1. The molecule has 1 saturated heterocycles. The van der Waals surface area contributed by atoms with Gasteiger partial charge in [0.1, 0.15) is 17.6 Å². The predicted octanol–water partition coefficient (Wildman–Crippen LogP) is 7.40. The van der Waals surface area contributed by atoms with Crippen molar-refractivity contribution in [2.45, 2.75) is 134 Å². The van der Waals surface area contributed by atoms with Crippen LogP contribution >= 0.6 is 11.8 Å². The molecular weight excluding hydrogens is 440 g/mol. The number of hydrogen-bond donors (Lipinski definition) is 0. The fourth-order valence-corrected chi connectivity index (χ4v) is 12.1. The first-order valence-electron chi connectivity index (χ1n) is 12.2. The maximum Gasteiger partial charge on any atom is 0.201 e. The number of hydrogen-bond acceptors (Lipinski definition) is 5. The Morgan fingerprint density at radius 1 is 1.06 bits per heavy atom. The summed E-state index contributed by atoms with van der Waals surface area (Å²) in [6, 6.07) is 0. The highest BCUT2D eigenvalue weighted by Gasteiger charge is 2.51. The maximum absolute atomic E-state index is 13.4. The number of carbonyl (C=O) groups is 1. The fourth-order valence-electron chi connectivity index (χ4n) is 4.55. The molecular formula is C24H50O4SSi2. The van der Waals surface area contributed by atoms with Crippen LogP contribution in [0.3, 0.4) is 0 Å².